The van der Waals surface area contributed by atoms with Gasteiger partial charge in [0.25, 0.3) is 6.47 Å². The molecule has 2 aliphatic heterocycles. The summed E-state index contributed by atoms with van der Waals surface area (Å²) in [6.45, 7) is 4.92. The molecule has 2 N–H and O–H groups in total. The van der Waals surface area contributed by atoms with Crippen LogP contribution in [0.15, 0.2) is 42.9 Å². The zero-order valence-corrected chi connectivity index (χ0v) is 17.4. The number of aromatic nitrogens is 4. The maximum atomic E-state index is 12.1. The maximum Gasteiger partial charge on any atom is 0.290 e. The number of amides is 1. The first kappa shape index (κ1) is 20.8. The molecular weight excluding hydrogens is 396 g/mol. The normalized spacial score (nSPS) is 22.2. The molecular formula is C22H26N6O3. The van der Waals surface area contributed by atoms with Crippen LogP contribution in [0.4, 0.5) is 5.82 Å². The number of benzene rings is 1. The Morgan fingerprint density at radius 1 is 1.26 bits per heavy atom. The van der Waals surface area contributed by atoms with Crippen molar-refractivity contribution in [2.75, 3.05) is 31.1 Å². The molecule has 0 unspecified atom stereocenters. The Bertz CT molecular complexity index is 1060. The van der Waals surface area contributed by atoms with Crippen LogP contribution in [0.5, 0.6) is 0 Å². The van der Waals surface area contributed by atoms with E-state index in [2.05, 4.69) is 55.4 Å². The molecule has 9 heteroatoms. The van der Waals surface area contributed by atoms with Gasteiger partial charge in [-0.2, -0.15) is 5.10 Å². The summed E-state index contributed by atoms with van der Waals surface area (Å²) in [4.78, 5) is 33.7. The minimum atomic E-state index is -0.250. The zero-order chi connectivity index (χ0) is 21.8. The molecule has 2 aliphatic rings. The summed E-state index contributed by atoms with van der Waals surface area (Å²) in [6, 6.07) is 10.6. The van der Waals surface area contributed by atoms with Crippen LogP contribution in [-0.4, -0.2) is 68.7 Å². The lowest BCUT2D eigenvalue weighted by molar-refractivity contribution is -0.128. The molecule has 3 aromatic rings. The van der Waals surface area contributed by atoms with Crippen LogP contribution in [0, 0.1) is 11.3 Å². The Balaban J connectivity index is 0.000000730. The highest BCUT2D eigenvalue weighted by molar-refractivity contribution is 5.86. The Kier molecular flexibility index (Phi) is 5.83. The number of aromatic amines is 1. The van der Waals surface area contributed by atoms with Gasteiger partial charge in [0, 0.05) is 44.4 Å². The van der Waals surface area contributed by atoms with E-state index in [-0.39, 0.29) is 17.8 Å². The molecule has 2 aromatic heterocycles. The number of aryl methyl sites for hydroxylation is 1. The number of nitrogens with one attached hydrogen (secondary N) is 1. The maximum absolute atomic E-state index is 12.1. The number of hydrogen-bond acceptors (Lipinski definition) is 6. The lowest BCUT2D eigenvalue weighted by Crippen LogP contribution is -2.36. The highest BCUT2D eigenvalue weighted by Gasteiger charge is 2.53. The first-order valence-electron chi connectivity index (χ1n) is 10.3. The zero-order valence-electron chi connectivity index (χ0n) is 17.4. The van der Waals surface area contributed by atoms with Gasteiger partial charge in [0.2, 0.25) is 5.91 Å². The second-order valence-electron chi connectivity index (χ2n) is 8.26. The average molecular weight is 422 g/mol. The van der Waals surface area contributed by atoms with E-state index in [1.807, 2.05) is 4.90 Å². The van der Waals surface area contributed by atoms with Crippen molar-refractivity contribution >= 4 is 29.2 Å². The largest absolute Gasteiger partial charge is 0.483 e. The summed E-state index contributed by atoms with van der Waals surface area (Å²) in [5.41, 5.74) is 2.23. The van der Waals surface area contributed by atoms with E-state index in [1.165, 1.54) is 5.56 Å². The predicted octanol–water partition coefficient (Wildman–Crippen LogP) is 1.97. The molecule has 0 aliphatic carbocycles. The number of nitrogens with zero attached hydrogens (tertiary/aromatic N) is 5. The van der Waals surface area contributed by atoms with E-state index < -0.39 is 0 Å². The first-order chi connectivity index (χ1) is 15.1. The number of carboxylic acid groups (broad SMARTS) is 1. The predicted molar refractivity (Wildman–Crippen MR) is 116 cm³/mol. The molecule has 0 saturated carbocycles. The van der Waals surface area contributed by atoms with Crippen molar-refractivity contribution in [1.82, 2.24) is 25.1 Å². The molecule has 2 atom stereocenters. The number of carbonyl (C=O) groups is 2. The van der Waals surface area contributed by atoms with E-state index in [0.717, 1.165) is 55.9 Å². The molecule has 0 radical (unpaired) electrons. The van der Waals surface area contributed by atoms with E-state index in [1.54, 1.807) is 19.4 Å². The molecule has 2 saturated heterocycles. The Labute approximate surface area is 180 Å². The third-order valence-electron chi connectivity index (χ3n) is 6.49. The molecule has 2 fully saturated rings. The molecule has 0 spiro atoms. The van der Waals surface area contributed by atoms with Crippen molar-refractivity contribution in [1.29, 1.82) is 0 Å². The van der Waals surface area contributed by atoms with Crippen LogP contribution in [0.2, 0.25) is 0 Å². The summed E-state index contributed by atoms with van der Waals surface area (Å²) < 4.78 is 0. The molecule has 1 aromatic carbocycles. The lowest BCUT2D eigenvalue weighted by Gasteiger charge is -2.29. The average Bonchev–Trinajstić information content (AvgIpc) is 3.46. The van der Waals surface area contributed by atoms with Gasteiger partial charge in [-0.3, -0.25) is 14.7 Å². The van der Waals surface area contributed by atoms with Crippen molar-refractivity contribution in [2.24, 2.45) is 11.3 Å². The molecule has 5 rings (SSSR count). The van der Waals surface area contributed by atoms with Gasteiger partial charge in [-0.25, -0.2) is 9.97 Å². The van der Waals surface area contributed by atoms with E-state index in [0.29, 0.717) is 5.92 Å². The standard InChI is InChI=1S/C21H24N6O.CH2O2/c1-15(28)26-10-17-11-27(20-18-9-24-25-19(18)22-14-23-20)13-21(17,12-26)8-7-16-5-3-2-4-6-16;2-1-3/h2-6,9,14,17H,7-8,10-13H2,1H3,(H,22,23,24,25);1H,(H,2,3)/t17-,21+;/m1./s1. The third kappa shape index (κ3) is 4.08. The van der Waals surface area contributed by atoms with Crippen molar-refractivity contribution in [2.45, 2.75) is 19.8 Å². The minimum absolute atomic E-state index is 0.0997. The number of anilines is 1. The fourth-order valence-electron chi connectivity index (χ4n) is 4.98. The fraction of sp³-hybridized carbons (Fsp3) is 0.409. The lowest BCUT2D eigenvalue weighted by atomic mass is 9.76. The van der Waals surface area contributed by atoms with Crippen molar-refractivity contribution in [3.63, 3.8) is 0 Å². The number of H-pyrrole nitrogens is 1. The van der Waals surface area contributed by atoms with Gasteiger partial charge in [0.15, 0.2) is 5.65 Å². The Morgan fingerprint density at radius 3 is 2.77 bits per heavy atom. The molecule has 31 heavy (non-hydrogen) atoms. The second-order valence-corrected chi connectivity index (χ2v) is 8.26. The minimum Gasteiger partial charge on any atom is -0.483 e. The Morgan fingerprint density at radius 2 is 2.03 bits per heavy atom. The number of carbonyl (C=O) groups excluding carboxylic acids is 1. The highest BCUT2D eigenvalue weighted by Crippen LogP contribution is 2.47. The van der Waals surface area contributed by atoms with Gasteiger partial charge >= 0.3 is 0 Å². The number of hydrogen-bond donors (Lipinski definition) is 2. The van der Waals surface area contributed by atoms with Crippen LogP contribution in [-0.2, 0) is 16.0 Å². The summed E-state index contributed by atoms with van der Waals surface area (Å²) in [5, 5.41) is 14.9. The monoisotopic (exact) mass is 422 g/mol. The van der Waals surface area contributed by atoms with E-state index in [4.69, 9.17) is 9.90 Å². The molecule has 9 nitrogen and oxygen atoms in total. The molecule has 1 amide bonds. The van der Waals surface area contributed by atoms with Crippen LogP contribution in [0.25, 0.3) is 11.0 Å². The summed E-state index contributed by atoms with van der Waals surface area (Å²) in [6.07, 6.45) is 5.50. The molecule has 4 heterocycles. The van der Waals surface area contributed by atoms with Gasteiger partial charge in [-0.05, 0) is 18.4 Å². The number of fused-ring (bicyclic) bond motifs is 2. The fourth-order valence-corrected chi connectivity index (χ4v) is 4.98. The van der Waals surface area contributed by atoms with Gasteiger partial charge in [0.05, 0.1) is 11.6 Å². The van der Waals surface area contributed by atoms with Crippen molar-refractivity contribution < 1.29 is 14.7 Å². The first-order valence-corrected chi connectivity index (χ1v) is 10.3. The van der Waals surface area contributed by atoms with E-state index in [9.17, 15) is 4.79 Å². The van der Waals surface area contributed by atoms with Gasteiger partial charge in [-0.1, -0.05) is 30.3 Å². The molecule has 162 valence electrons. The quantitative estimate of drug-likeness (QED) is 0.618. The summed E-state index contributed by atoms with van der Waals surface area (Å²) in [7, 11) is 0. The molecule has 0 bridgehead atoms. The van der Waals surface area contributed by atoms with Crippen LogP contribution in [0.1, 0.15) is 18.9 Å². The Hall–Kier alpha value is -3.49. The smallest absolute Gasteiger partial charge is 0.290 e. The van der Waals surface area contributed by atoms with Gasteiger partial charge in [0.1, 0.15) is 12.1 Å². The van der Waals surface area contributed by atoms with Gasteiger partial charge in [-0.15, -0.1) is 0 Å². The topological polar surface area (TPSA) is 115 Å². The van der Waals surface area contributed by atoms with Crippen molar-refractivity contribution in [3.05, 3.63) is 48.4 Å². The highest BCUT2D eigenvalue weighted by atomic mass is 16.3. The van der Waals surface area contributed by atoms with E-state index >= 15 is 0 Å². The second kappa shape index (κ2) is 8.71. The van der Waals surface area contributed by atoms with Crippen molar-refractivity contribution in [3.8, 4) is 0 Å². The summed E-state index contributed by atoms with van der Waals surface area (Å²) >= 11 is 0. The van der Waals surface area contributed by atoms with Crippen LogP contribution in [0.3, 0.4) is 0 Å². The number of rotatable bonds is 4. The van der Waals surface area contributed by atoms with Gasteiger partial charge < -0.3 is 14.9 Å². The number of likely N-dealkylation sites (tertiary alicyclic amines) is 1. The SMILES string of the molecule is CC(=O)N1C[C@@H]2CN(c3ncnc4[nH]ncc34)C[C@]2(CCc2ccccc2)C1.O=CO. The summed E-state index contributed by atoms with van der Waals surface area (Å²) in [5.74, 6) is 1.58. The van der Waals surface area contributed by atoms with Crippen LogP contribution < -0.4 is 4.90 Å². The van der Waals surface area contributed by atoms with Crippen LogP contribution >= 0.6 is 0 Å². The third-order valence-corrected chi connectivity index (χ3v) is 6.49.